The number of alkyl carbamates (subject to hydrolysis) is 1. The first-order valence-electron chi connectivity index (χ1n) is 15.0. The minimum absolute atomic E-state index is 0.0907. The third-order valence-electron chi connectivity index (χ3n) is 8.02. The van der Waals surface area contributed by atoms with Gasteiger partial charge in [-0.05, 0) is 66.0 Å². The van der Waals surface area contributed by atoms with Gasteiger partial charge < -0.3 is 25.0 Å². The molecule has 43 heavy (non-hydrogen) atoms. The molecule has 2 N–H and O–H groups in total. The number of carbonyl (C=O) groups is 3. The minimum atomic E-state index is -0.897. The molecule has 3 aromatic rings. The van der Waals surface area contributed by atoms with Crippen LogP contribution in [0.1, 0.15) is 47.6 Å². The van der Waals surface area contributed by atoms with Crippen molar-refractivity contribution in [1.82, 2.24) is 15.5 Å². The molecule has 1 atom stereocenters. The van der Waals surface area contributed by atoms with Gasteiger partial charge in [0.2, 0.25) is 5.91 Å². The highest BCUT2D eigenvalue weighted by Crippen LogP contribution is 2.38. The number of hydrogen-bond acceptors (Lipinski definition) is 6. The lowest BCUT2D eigenvalue weighted by Gasteiger charge is -2.32. The molecule has 1 fully saturated rings. The molecule has 2 amide bonds. The second-order valence-electron chi connectivity index (χ2n) is 10.9. The van der Waals surface area contributed by atoms with E-state index in [2.05, 4.69) is 64.1 Å². The average Bonchev–Trinajstić information content (AvgIpc) is 3.20. The molecule has 1 saturated heterocycles. The van der Waals surface area contributed by atoms with E-state index >= 15 is 0 Å². The number of fused-ring (bicyclic) bond motifs is 2. The van der Waals surface area contributed by atoms with Gasteiger partial charge in [0, 0.05) is 19.6 Å². The number of likely N-dealkylation sites (tertiary alicyclic amines) is 1. The van der Waals surface area contributed by atoms with Crippen LogP contribution in [0, 0.1) is 0 Å². The molecule has 0 aromatic heterocycles. The van der Waals surface area contributed by atoms with E-state index in [9.17, 15) is 14.4 Å². The van der Waals surface area contributed by atoms with E-state index in [0.29, 0.717) is 6.54 Å². The third-order valence-corrected chi connectivity index (χ3v) is 8.02. The molecule has 2 aliphatic rings. The zero-order chi connectivity index (χ0) is 30.0. The van der Waals surface area contributed by atoms with Gasteiger partial charge in [-0.2, -0.15) is 0 Å². The summed E-state index contributed by atoms with van der Waals surface area (Å²) in [6.45, 7) is 3.54. The predicted octanol–water partition coefficient (Wildman–Crippen LogP) is 4.66. The van der Waals surface area contributed by atoms with Gasteiger partial charge in [-0.25, -0.2) is 4.79 Å². The van der Waals surface area contributed by atoms with Gasteiger partial charge in [-0.1, -0.05) is 84.4 Å². The first-order valence-corrected chi connectivity index (χ1v) is 15.0. The number of amides is 2. The molecule has 1 heterocycles. The molecule has 1 aliphatic heterocycles. The summed E-state index contributed by atoms with van der Waals surface area (Å²) in [6, 6.07) is 25.9. The maximum Gasteiger partial charge on any atom is 0.408 e. The first kappa shape index (κ1) is 30.0. The Labute approximate surface area is 253 Å². The second-order valence-corrected chi connectivity index (χ2v) is 10.9. The molecule has 0 radical (unpaired) electrons. The average molecular weight is 582 g/mol. The van der Waals surface area contributed by atoms with Crippen molar-refractivity contribution in [2.75, 3.05) is 32.8 Å². The Morgan fingerprint density at radius 3 is 2.02 bits per heavy atom. The number of aryl methyl sites for hydroxylation is 2. The van der Waals surface area contributed by atoms with Gasteiger partial charge in [0.25, 0.3) is 0 Å². The minimum Gasteiger partial charge on any atom is -0.465 e. The largest absolute Gasteiger partial charge is 0.465 e. The third kappa shape index (κ3) is 7.90. The van der Waals surface area contributed by atoms with Crippen LogP contribution in [0.25, 0.3) is 5.57 Å². The Morgan fingerprint density at radius 2 is 1.40 bits per heavy atom. The fourth-order valence-electron chi connectivity index (χ4n) is 5.87. The van der Waals surface area contributed by atoms with E-state index in [0.717, 1.165) is 44.3 Å². The van der Waals surface area contributed by atoms with Crippen LogP contribution in [0.15, 0.2) is 84.4 Å². The highest BCUT2D eigenvalue weighted by molar-refractivity contribution is 5.88. The molecule has 1 aliphatic carbocycles. The van der Waals surface area contributed by atoms with Crippen molar-refractivity contribution < 1.29 is 23.9 Å². The Kier molecular flexibility index (Phi) is 10.2. The number of esters is 1. The number of ether oxygens (including phenoxy) is 2. The van der Waals surface area contributed by atoms with E-state index in [1.165, 1.54) is 33.4 Å². The lowest BCUT2D eigenvalue weighted by atomic mass is 9.86. The summed E-state index contributed by atoms with van der Waals surface area (Å²) in [5.41, 5.74) is 8.98. The van der Waals surface area contributed by atoms with Crippen molar-refractivity contribution in [1.29, 1.82) is 0 Å². The van der Waals surface area contributed by atoms with Crippen LogP contribution in [-0.2, 0) is 38.5 Å². The van der Waals surface area contributed by atoms with Gasteiger partial charge in [0.05, 0.1) is 6.61 Å². The van der Waals surface area contributed by atoms with E-state index < -0.39 is 24.0 Å². The smallest absolute Gasteiger partial charge is 0.408 e. The van der Waals surface area contributed by atoms with Gasteiger partial charge >= 0.3 is 12.1 Å². The Hall–Kier alpha value is -4.43. The number of nitrogens with zero attached hydrogens (tertiary/aromatic N) is 1. The van der Waals surface area contributed by atoms with Crippen LogP contribution in [0.2, 0.25) is 0 Å². The monoisotopic (exact) mass is 581 g/mol. The van der Waals surface area contributed by atoms with E-state index in [1.54, 1.807) is 6.92 Å². The van der Waals surface area contributed by atoms with Crippen molar-refractivity contribution in [2.24, 2.45) is 0 Å². The second kappa shape index (κ2) is 14.6. The molecule has 5 rings (SSSR count). The standard InChI is InChI=1S/C35H39N3O5/c1-2-42-32(39)22-36-34(40)31(37-35(41)43-24-25-10-4-3-5-11-25)23-38-20-18-28(19-21-38)33-29-14-8-6-12-26(29)16-17-27-13-7-9-15-30(27)33/h3-15,31H,2,16-24H2,1H3,(H,36,40)(H,37,41)/t31-/m0/s1. The topological polar surface area (TPSA) is 97.0 Å². The zero-order valence-electron chi connectivity index (χ0n) is 24.6. The molecule has 0 unspecified atom stereocenters. The van der Waals surface area contributed by atoms with Crippen LogP contribution in [0.4, 0.5) is 4.79 Å². The van der Waals surface area contributed by atoms with Crippen LogP contribution in [0.5, 0.6) is 0 Å². The van der Waals surface area contributed by atoms with Crippen molar-refractivity contribution in [3.63, 3.8) is 0 Å². The normalized spacial score (nSPS) is 15.4. The summed E-state index contributed by atoms with van der Waals surface area (Å²) in [6.07, 6.45) is 3.06. The number of piperidine rings is 1. The molecule has 0 bridgehead atoms. The van der Waals surface area contributed by atoms with E-state index in [-0.39, 0.29) is 19.8 Å². The number of carbonyl (C=O) groups excluding carboxylic acids is 3. The van der Waals surface area contributed by atoms with Crippen molar-refractivity contribution in [3.05, 3.63) is 112 Å². The van der Waals surface area contributed by atoms with Crippen molar-refractivity contribution in [3.8, 4) is 0 Å². The molecule has 3 aromatic carbocycles. The molecule has 0 spiro atoms. The lowest BCUT2D eigenvalue weighted by Crippen LogP contribution is -2.54. The fraction of sp³-hybridized carbons (Fsp3) is 0.343. The van der Waals surface area contributed by atoms with Gasteiger partial charge in [-0.3, -0.25) is 9.59 Å². The molecule has 0 saturated carbocycles. The summed E-state index contributed by atoms with van der Waals surface area (Å²) < 4.78 is 10.3. The van der Waals surface area contributed by atoms with Crippen LogP contribution < -0.4 is 10.6 Å². The molecule has 8 heteroatoms. The molecule has 224 valence electrons. The molecular formula is C35H39N3O5. The Balaban J connectivity index is 1.28. The Bertz CT molecular complexity index is 1410. The highest BCUT2D eigenvalue weighted by atomic mass is 16.5. The highest BCUT2D eigenvalue weighted by Gasteiger charge is 2.28. The summed E-state index contributed by atoms with van der Waals surface area (Å²) >= 11 is 0. The summed E-state index contributed by atoms with van der Waals surface area (Å²) in [5.74, 6) is -0.986. The van der Waals surface area contributed by atoms with Crippen molar-refractivity contribution in [2.45, 2.75) is 45.3 Å². The SMILES string of the molecule is CCOC(=O)CNC(=O)[C@H](CN1CCC(=C2c3ccccc3CCc3ccccc32)CC1)NC(=O)OCc1ccccc1. The maximum absolute atomic E-state index is 13.1. The Morgan fingerprint density at radius 1 is 0.791 bits per heavy atom. The van der Waals surface area contributed by atoms with E-state index in [4.69, 9.17) is 9.47 Å². The van der Waals surface area contributed by atoms with Gasteiger partial charge in [-0.15, -0.1) is 0 Å². The zero-order valence-corrected chi connectivity index (χ0v) is 24.6. The quantitative estimate of drug-likeness (QED) is 0.357. The van der Waals surface area contributed by atoms with E-state index in [1.807, 2.05) is 30.3 Å². The predicted molar refractivity (Wildman–Crippen MR) is 165 cm³/mol. The summed E-state index contributed by atoms with van der Waals surface area (Å²) in [4.78, 5) is 39.9. The summed E-state index contributed by atoms with van der Waals surface area (Å²) in [7, 11) is 0. The van der Waals surface area contributed by atoms with Gasteiger partial charge in [0.1, 0.15) is 19.2 Å². The van der Waals surface area contributed by atoms with Crippen LogP contribution in [-0.4, -0.2) is 61.7 Å². The fourth-order valence-corrected chi connectivity index (χ4v) is 5.87. The lowest BCUT2D eigenvalue weighted by molar-refractivity contribution is -0.143. The maximum atomic E-state index is 13.1. The summed E-state index contributed by atoms with van der Waals surface area (Å²) in [5, 5.41) is 5.33. The number of nitrogens with one attached hydrogen (secondary N) is 2. The number of rotatable bonds is 9. The number of hydrogen-bond donors (Lipinski definition) is 2. The number of benzene rings is 3. The molecular weight excluding hydrogens is 542 g/mol. The van der Waals surface area contributed by atoms with Crippen LogP contribution in [0.3, 0.4) is 0 Å². The molecule has 8 nitrogen and oxygen atoms in total. The first-order chi connectivity index (χ1) is 21.0. The van der Waals surface area contributed by atoms with Crippen molar-refractivity contribution >= 4 is 23.5 Å². The van der Waals surface area contributed by atoms with Gasteiger partial charge in [0.15, 0.2) is 0 Å². The van der Waals surface area contributed by atoms with Crippen LogP contribution >= 0.6 is 0 Å².